The van der Waals surface area contributed by atoms with Crippen LogP contribution in [-0.4, -0.2) is 79.6 Å². The molecule has 0 spiro atoms. The maximum atomic E-state index is 13.2. The van der Waals surface area contributed by atoms with Gasteiger partial charge in [0.1, 0.15) is 25.0 Å². The molecule has 3 heterocycles. The predicted octanol–water partition coefficient (Wildman–Crippen LogP) is 9.90. The van der Waals surface area contributed by atoms with Crippen LogP contribution in [0.3, 0.4) is 0 Å². The molecule has 0 aliphatic carbocycles. The van der Waals surface area contributed by atoms with Gasteiger partial charge in [0, 0.05) is 19.3 Å². The number of phosphoric acid groups is 1. The van der Waals surface area contributed by atoms with Gasteiger partial charge < -0.3 is 29.9 Å². The normalized spacial score (nSPS) is 18.0. The molecule has 1 saturated heterocycles. The van der Waals surface area contributed by atoms with Crippen molar-refractivity contribution >= 4 is 36.9 Å². The van der Waals surface area contributed by atoms with Gasteiger partial charge in [0.2, 0.25) is 5.95 Å². The van der Waals surface area contributed by atoms with Crippen LogP contribution in [0.2, 0.25) is 0 Å². The topological polar surface area (TPSA) is 227 Å². The van der Waals surface area contributed by atoms with Crippen LogP contribution in [0, 0.1) is 0 Å². The molecule has 1 aliphatic heterocycles. The molecule has 5 N–H and O–H groups in total. The van der Waals surface area contributed by atoms with Gasteiger partial charge in [-0.1, -0.05) is 168 Å². The molecule has 0 aromatic carbocycles. The summed E-state index contributed by atoms with van der Waals surface area (Å²) >= 11 is 0. The number of unbranched alkanes of at least 4 members (excludes halogenated alkanes) is 24. The molecular weight excluding hydrogens is 817 g/mol. The number of aromatic nitrogens is 4. The number of hydrogen-bond donors (Lipinski definition) is 4. The summed E-state index contributed by atoms with van der Waals surface area (Å²) in [7, 11) is -4.84. The summed E-state index contributed by atoms with van der Waals surface area (Å²) < 4.78 is 42.4. The number of nitrogens with one attached hydrogen (secondary N) is 1. The minimum absolute atomic E-state index is 0.0172. The number of imidazole rings is 1. The number of carbonyl (C=O) groups excluding carboxylic acids is 2. The van der Waals surface area contributed by atoms with Crippen LogP contribution in [0.1, 0.15) is 206 Å². The molecule has 3 rings (SSSR count). The molecule has 62 heavy (non-hydrogen) atoms. The van der Waals surface area contributed by atoms with Gasteiger partial charge in [-0.3, -0.25) is 33.0 Å². The Kier molecular flexibility index (Phi) is 27.5. The third-order valence-corrected chi connectivity index (χ3v) is 12.5. The molecule has 1 fully saturated rings. The lowest BCUT2D eigenvalue weighted by atomic mass is 10.0. The second-order valence-corrected chi connectivity index (χ2v) is 18.4. The van der Waals surface area contributed by atoms with Crippen molar-refractivity contribution in [2.45, 2.75) is 225 Å². The molecule has 0 saturated carbocycles. The zero-order chi connectivity index (χ0) is 44.8. The van der Waals surface area contributed by atoms with Crippen molar-refractivity contribution in [2.24, 2.45) is 0 Å². The van der Waals surface area contributed by atoms with Gasteiger partial charge in [-0.2, -0.15) is 4.98 Å². The average Bonchev–Trinajstić information content (AvgIpc) is 3.85. The largest absolute Gasteiger partial charge is 0.472 e. The highest BCUT2D eigenvalue weighted by Crippen LogP contribution is 2.48. The predicted molar refractivity (Wildman–Crippen MR) is 240 cm³/mol. The Bertz CT molecular complexity index is 1620. The number of carbonyl (C=O) groups is 2. The first-order valence-corrected chi connectivity index (χ1v) is 25.6. The summed E-state index contributed by atoms with van der Waals surface area (Å²) in [4.78, 5) is 59.2. The van der Waals surface area contributed by atoms with Crippen molar-refractivity contribution in [1.82, 2.24) is 19.5 Å². The van der Waals surface area contributed by atoms with E-state index in [1.807, 2.05) is 0 Å². The molecule has 1 unspecified atom stereocenters. The molecular formula is C45H80N5O11P. The summed E-state index contributed by atoms with van der Waals surface area (Å²) in [6.07, 6.45) is 28.2. The van der Waals surface area contributed by atoms with Gasteiger partial charge in [-0.25, -0.2) is 9.55 Å². The van der Waals surface area contributed by atoms with Crippen LogP contribution >= 0.6 is 7.82 Å². The number of ether oxygens (including phenoxy) is 3. The molecule has 356 valence electrons. The highest BCUT2D eigenvalue weighted by Gasteiger charge is 2.42. The van der Waals surface area contributed by atoms with Crippen molar-refractivity contribution in [3.8, 4) is 0 Å². The minimum Gasteiger partial charge on any atom is -0.462 e. The SMILES string of the molecule is CCCCCCCCCCCCCCCC(=O)OC[C@H](COP(=O)(O)O[C@H]1C[C@H](n2cnc3c(=O)[nH]c(N)nc32)O[C@@H]1CO)OC(=O)CCCCCCCCCCCCCCC. The summed E-state index contributed by atoms with van der Waals surface area (Å²) in [5.41, 5.74) is 5.32. The fourth-order valence-electron chi connectivity index (χ4n) is 7.87. The Morgan fingerprint density at radius 1 is 0.806 bits per heavy atom. The number of hydrogen-bond acceptors (Lipinski definition) is 13. The Morgan fingerprint density at radius 3 is 1.79 bits per heavy atom. The van der Waals surface area contributed by atoms with Gasteiger partial charge in [-0.15, -0.1) is 0 Å². The lowest BCUT2D eigenvalue weighted by Crippen LogP contribution is -2.30. The van der Waals surface area contributed by atoms with Crippen molar-refractivity contribution in [2.75, 3.05) is 25.6 Å². The number of anilines is 1. The lowest BCUT2D eigenvalue weighted by molar-refractivity contribution is -0.161. The Labute approximate surface area is 369 Å². The van der Waals surface area contributed by atoms with E-state index in [1.165, 1.54) is 126 Å². The van der Waals surface area contributed by atoms with Crippen LogP contribution in [0.5, 0.6) is 0 Å². The van der Waals surface area contributed by atoms with Crippen LogP contribution in [0.15, 0.2) is 11.1 Å². The van der Waals surface area contributed by atoms with E-state index >= 15 is 0 Å². The number of nitrogens with two attached hydrogens (primary N) is 1. The van der Waals surface area contributed by atoms with Crippen molar-refractivity contribution in [3.63, 3.8) is 0 Å². The molecule has 5 atom stereocenters. The summed E-state index contributed by atoms with van der Waals surface area (Å²) in [6.45, 7) is 2.99. The number of nitrogen functional groups attached to an aromatic ring is 1. The average molecular weight is 898 g/mol. The number of nitrogens with zero attached hydrogens (tertiary/aromatic N) is 3. The number of aliphatic hydroxyl groups excluding tert-OH is 1. The lowest BCUT2D eigenvalue weighted by Gasteiger charge is -2.22. The number of aliphatic hydroxyl groups is 1. The number of rotatable bonds is 38. The van der Waals surface area contributed by atoms with Gasteiger partial charge in [0.25, 0.3) is 5.56 Å². The van der Waals surface area contributed by atoms with Gasteiger partial charge in [0.15, 0.2) is 17.3 Å². The first-order chi connectivity index (χ1) is 30.1. The Hall–Kier alpha value is -2.88. The van der Waals surface area contributed by atoms with E-state index in [0.29, 0.717) is 12.8 Å². The summed E-state index contributed by atoms with van der Waals surface area (Å²) in [5, 5.41) is 10.0. The highest BCUT2D eigenvalue weighted by atomic mass is 31.2. The third kappa shape index (κ3) is 22.2. The molecule has 17 heteroatoms. The Balaban J connectivity index is 1.43. The number of H-pyrrole nitrogens is 1. The molecule has 0 amide bonds. The first-order valence-electron chi connectivity index (χ1n) is 24.1. The van der Waals surface area contributed by atoms with Crippen LogP contribution in [0.4, 0.5) is 5.95 Å². The highest BCUT2D eigenvalue weighted by molar-refractivity contribution is 7.47. The van der Waals surface area contributed by atoms with Gasteiger partial charge in [-0.05, 0) is 12.8 Å². The second-order valence-electron chi connectivity index (χ2n) is 17.0. The van der Waals surface area contributed by atoms with Gasteiger partial charge in [0.05, 0.1) is 19.5 Å². The van der Waals surface area contributed by atoms with Crippen molar-refractivity contribution in [1.29, 1.82) is 0 Å². The smallest absolute Gasteiger partial charge is 0.462 e. The maximum Gasteiger partial charge on any atom is 0.472 e. The number of phosphoric ester groups is 1. The quantitative estimate of drug-likeness (QED) is 0.0279. The van der Waals surface area contributed by atoms with E-state index in [9.17, 15) is 28.9 Å². The monoisotopic (exact) mass is 898 g/mol. The van der Waals surface area contributed by atoms with E-state index in [2.05, 4.69) is 28.8 Å². The van der Waals surface area contributed by atoms with Crippen LogP contribution < -0.4 is 11.3 Å². The van der Waals surface area contributed by atoms with E-state index in [-0.39, 0.29) is 43.0 Å². The molecule has 2 aromatic heterocycles. The maximum absolute atomic E-state index is 13.2. The third-order valence-electron chi connectivity index (χ3n) is 11.5. The van der Waals surface area contributed by atoms with Crippen molar-refractivity contribution < 1.29 is 47.4 Å². The molecule has 16 nitrogen and oxygen atoms in total. The van der Waals surface area contributed by atoms with Gasteiger partial charge >= 0.3 is 19.8 Å². The van der Waals surface area contributed by atoms with Crippen LogP contribution in [-0.2, 0) is 37.4 Å². The molecule has 1 aliphatic rings. The van der Waals surface area contributed by atoms with E-state index < -0.39 is 63.1 Å². The fraction of sp³-hybridized carbons (Fsp3) is 0.844. The standard InChI is InChI=1S/C45H80N5O11P/c1-3-5-7-9-11-13-15-17-19-21-23-25-27-29-40(52)57-33-36(59-41(53)30-28-26-24-22-20-18-16-14-12-10-8-6-4-2)34-58-62(55,56)61-37-31-39(60-38(37)32-51)50-35-47-42-43(50)48-45(46)49-44(42)54/h35-39,51H,3-34H2,1-2H3,(H,55,56)(H3,46,48,49,54)/t36-,37+,38-,39-/m1/s1. The molecule has 0 radical (unpaired) electrons. The summed E-state index contributed by atoms with van der Waals surface area (Å²) in [5.74, 6) is -1.10. The Morgan fingerprint density at radius 2 is 1.29 bits per heavy atom. The first kappa shape index (κ1) is 53.5. The summed E-state index contributed by atoms with van der Waals surface area (Å²) in [6, 6.07) is 0. The van der Waals surface area contributed by atoms with E-state index in [4.69, 9.17) is 29.0 Å². The molecule has 0 bridgehead atoms. The van der Waals surface area contributed by atoms with Crippen LogP contribution in [0.25, 0.3) is 11.2 Å². The second kappa shape index (κ2) is 31.9. The zero-order valence-corrected chi connectivity index (χ0v) is 38.8. The zero-order valence-electron chi connectivity index (χ0n) is 37.9. The fourth-order valence-corrected chi connectivity index (χ4v) is 8.85. The number of fused-ring (bicyclic) bond motifs is 1. The number of esters is 2. The van der Waals surface area contributed by atoms with E-state index in [0.717, 1.165) is 38.5 Å². The van der Waals surface area contributed by atoms with E-state index in [1.54, 1.807) is 0 Å². The molecule has 2 aromatic rings. The number of aromatic amines is 1. The minimum atomic E-state index is -4.84. The van der Waals surface area contributed by atoms with Crippen molar-refractivity contribution in [3.05, 3.63) is 16.7 Å².